The van der Waals surface area contributed by atoms with Gasteiger partial charge in [-0.15, -0.1) is 0 Å². The van der Waals surface area contributed by atoms with E-state index >= 15 is 0 Å². The summed E-state index contributed by atoms with van der Waals surface area (Å²) in [5.41, 5.74) is 6.76. The standard InChI is InChI=1S/C16H25N3O3/c1-3-4-9-22-16(20)19-7-5-12(6-8-19)13-11-18-15(17)10-14(13)21-2/h10-12H,3-9H2,1-2H3,(H2,17,18). The number of carbonyl (C=O) groups excluding carboxylic acids is 1. The van der Waals surface area contributed by atoms with Crippen LogP contribution in [0.15, 0.2) is 12.3 Å². The zero-order chi connectivity index (χ0) is 15.9. The highest BCUT2D eigenvalue weighted by atomic mass is 16.6. The molecular formula is C16H25N3O3. The minimum absolute atomic E-state index is 0.200. The Labute approximate surface area is 131 Å². The molecule has 22 heavy (non-hydrogen) atoms. The fraction of sp³-hybridized carbons (Fsp3) is 0.625. The highest BCUT2D eigenvalue weighted by molar-refractivity contribution is 5.67. The molecule has 0 aliphatic carbocycles. The molecular weight excluding hydrogens is 282 g/mol. The molecule has 1 saturated heterocycles. The van der Waals surface area contributed by atoms with E-state index in [2.05, 4.69) is 11.9 Å². The van der Waals surface area contributed by atoms with E-state index < -0.39 is 0 Å². The molecule has 1 amide bonds. The van der Waals surface area contributed by atoms with Gasteiger partial charge in [0.25, 0.3) is 0 Å². The quantitative estimate of drug-likeness (QED) is 0.846. The molecule has 0 radical (unpaired) electrons. The number of nitrogen functional groups attached to an aromatic ring is 1. The summed E-state index contributed by atoms with van der Waals surface area (Å²) in [5.74, 6) is 1.57. The first kappa shape index (κ1) is 16.4. The zero-order valence-electron chi connectivity index (χ0n) is 13.4. The molecule has 1 aliphatic heterocycles. The summed E-state index contributed by atoms with van der Waals surface area (Å²) in [6.45, 7) is 3.98. The molecule has 0 aromatic carbocycles. The van der Waals surface area contributed by atoms with Crippen molar-refractivity contribution in [3.63, 3.8) is 0 Å². The molecule has 1 aliphatic rings. The van der Waals surface area contributed by atoms with Crippen LogP contribution >= 0.6 is 0 Å². The summed E-state index contributed by atoms with van der Waals surface area (Å²) in [6, 6.07) is 1.75. The number of piperidine rings is 1. The maximum atomic E-state index is 11.9. The topological polar surface area (TPSA) is 77.7 Å². The van der Waals surface area contributed by atoms with Crippen LogP contribution in [0.5, 0.6) is 5.75 Å². The van der Waals surface area contributed by atoms with Crippen LogP contribution in [0.1, 0.15) is 44.1 Å². The van der Waals surface area contributed by atoms with Gasteiger partial charge in [-0.05, 0) is 25.2 Å². The van der Waals surface area contributed by atoms with Crippen LogP contribution in [-0.4, -0.2) is 42.8 Å². The Morgan fingerprint density at radius 1 is 1.45 bits per heavy atom. The van der Waals surface area contributed by atoms with Crippen LogP contribution in [0.3, 0.4) is 0 Å². The first-order chi connectivity index (χ1) is 10.7. The fourth-order valence-electron chi connectivity index (χ4n) is 2.71. The Kier molecular flexibility index (Phi) is 5.86. The van der Waals surface area contributed by atoms with Crippen molar-refractivity contribution >= 4 is 11.9 Å². The van der Waals surface area contributed by atoms with Gasteiger partial charge in [0.05, 0.1) is 13.7 Å². The van der Waals surface area contributed by atoms with E-state index in [1.54, 1.807) is 24.3 Å². The van der Waals surface area contributed by atoms with E-state index in [-0.39, 0.29) is 6.09 Å². The van der Waals surface area contributed by atoms with Crippen molar-refractivity contribution in [2.45, 2.75) is 38.5 Å². The number of unbranched alkanes of at least 4 members (excludes halogenated alkanes) is 1. The van der Waals surface area contributed by atoms with Crippen LogP contribution in [0.2, 0.25) is 0 Å². The summed E-state index contributed by atoms with van der Waals surface area (Å²) < 4.78 is 10.7. The zero-order valence-corrected chi connectivity index (χ0v) is 13.4. The minimum Gasteiger partial charge on any atom is -0.496 e. The van der Waals surface area contributed by atoms with E-state index in [4.69, 9.17) is 15.2 Å². The first-order valence-electron chi connectivity index (χ1n) is 7.86. The Morgan fingerprint density at radius 2 is 2.18 bits per heavy atom. The largest absolute Gasteiger partial charge is 0.496 e. The Hall–Kier alpha value is -1.98. The van der Waals surface area contributed by atoms with Crippen molar-refractivity contribution in [1.29, 1.82) is 0 Å². The fourth-order valence-corrected chi connectivity index (χ4v) is 2.71. The highest BCUT2D eigenvalue weighted by Gasteiger charge is 2.26. The minimum atomic E-state index is -0.200. The van der Waals surface area contributed by atoms with Crippen molar-refractivity contribution in [1.82, 2.24) is 9.88 Å². The molecule has 2 rings (SSSR count). The van der Waals surface area contributed by atoms with Crippen molar-refractivity contribution in [2.75, 3.05) is 32.5 Å². The molecule has 2 heterocycles. The maximum Gasteiger partial charge on any atom is 0.409 e. The van der Waals surface area contributed by atoms with Crippen LogP contribution in [0.25, 0.3) is 0 Å². The number of aromatic nitrogens is 1. The number of ether oxygens (including phenoxy) is 2. The number of amides is 1. The summed E-state index contributed by atoms with van der Waals surface area (Å²) in [5, 5.41) is 0. The van der Waals surface area contributed by atoms with Crippen LogP contribution in [-0.2, 0) is 4.74 Å². The summed E-state index contributed by atoms with van der Waals surface area (Å²) >= 11 is 0. The van der Waals surface area contributed by atoms with E-state index in [0.717, 1.165) is 37.0 Å². The molecule has 0 atom stereocenters. The molecule has 0 saturated carbocycles. The lowest BCUT2D eigenvalue weighted by atomic mass is 9.90. The molecule has 6 nitrogen and oxygen atoms in total. The number of nitrogens with two attached hydrogens (primary N) is 1. The van der Waals surface area contributed by atoms with Gasteiger partial charge >= 0.3 is 6.09 Å². The third-order valence-corrected chi connectivity index (χ3v) is 4.05. The van der Waals surface area contributed by atoms with Gasteiger partial charge in [0, 0.05) is 30.9 Å². The monoisotopic (exact) mass is 307 g/mol. The van der Waals surface area contributed by atoms with Crippen molar-refractivity contribution in [3.05, 3.63) is 17.8 Å². The molecule has 0 unspecified atom stereocenters. The molecule has 0 bridgehead atoms. The number of rotatable bonds is 5. The Morgan fingerprint density at radius 3 is 2.82 bits per heavy atom. The van der Waals surface area contributed by atoms with Crippen molar-refractivity contribution in [2.24, 2.45) is 0 Å². The number of pyridine rings is 1. The number of likely N-dealkylation sites (tertiary alicyclic amines) is 1. The molecule has 122 valence electrons. The van der Waals surface area contributed by atoms with Gasteiger partial charge < -0.3 is 20.1 Å². The number of methoxy groups -OCH3 is 1. The SMILES string of the molecule is CCCCOC(=O)N1CCC(c2cnc(N)cc2OC)CC1. The van der Waals surface area contributed by atoms with Gasteiger partial charge in [-0.25, -0.2) is 9.78 Å². The van der Waals surface area contributed by atoms with Crippen LogP contribution < -0.4 is 10.5 Å². The molecule has 1 aromatic rings. The predicted octanol–water partition coefficient (Wildman–Crippen LogP) is 2.79. The number of anilines is 1. The lowest BCUT2D eigenvalue weighted by Gasteiger charge is -2.31. The molecule has 0 spiro atoms. The van der Waals surface area contributed by atoms with Gasteiger partial charge in [-0.2, -0.15) is 0 Å². The van der Waals surface area contributed by atoms with Gasteiger partial charge in [-0.1, -0.05) is 13.3 Å². The van der Waals surface area contributed by atoms with Crippen LogP contribution in [0.4, 0.5) is 10.6 Å². The second kappa shape index (κ2) is 7.87. The normalized spacial score (nSPS) is 15.6. The summed E-state index contributed by atoms with van der Waals surface area (Å²) in [7, 11) is 1.64. The van der Waals surface area contributed by atoms with Crippen LogP contribution in [0, 0.1) is 0 Å². The number of hydrogen-bond acceptors (Lipinski definition) is 5. The third-order valence-electron chi connectivity index (χ3n) is 4.05. The molecule has 6 heteroatoms. The van der Waals surface area contributed by atoms with E-state index in [0.29, 0.717) is 31.4 Å². The van der Waals surface area contributed by atoms with E-state index in [1.165, 1.54) is 0 Å². The molecule has 1 fully saturated rings. The second-order valence-corrected chi connectivity index (χ2v) is 5.58. The highest BCUT2D eigenvalue weighted by Crippen LogP contribution is 2.34. The second-order valence-electron chi connectivity index (χ2n) is 5.58. The number of nitrogens with zero attached hydrogens (tertiary/aromatic N) is 2. The summed E-state index contributed by atoms with van der Waals surface area (Å²) in [4.78, 5) is 17.9. The lowest BCUT2D eigenvalue weighted by Crippen LogP contribution is -2.38. The lowest BCUT2D eigenvalue weighted by molar-refractivity contribution is 0.0915. The van der Waals surface area contributed by atoms with Crippen molar-refractivity contribution < 1.29 is 14.3 Å². The molecule has 2 N–H and O–H groups in total. The Balaban J connectivity index is 1.90. The van der Waals surface area contributed by atoms with Gasteiger partial charge in [0.1, 0.15) is 11.6 Å². The van der Waals surface area contributed by atoms with Gasteiger partial charge in [-0.3, -0.25) is 0 Å². The number of carbonyl (C=O) groups is 1. The van der Waals surface area contributed by atoms with Gasteiger partial charge in [0.15, 0.2) is 0 Å². The average molecular weight is 307 g/mol. The molecule has 1 aromatic heterocycles. The smallest absolute Gasteiger partial charge is 0.409 e. The van der Waals surface area contributed by atoms with E-state index in [1.807, 2.05) is 0 Å². The van der Waals surface area contributed by atoms with Gasteiger partial charge in [0.2, 0.25) is 0 Å². The average Bonchev–Trinajstić information content (AvgIpc) is 2.55. The number of hydrogen-bond donors (Lipinski definition) is 1. The van der Waals surface area contributed by atoms with E-state index in [9.17, 15) is 4.79 Å². The third kappa shape index (κ3) is 4.02. The van der Waals surface area contributed by atoms with Crippen molar-refractivity contribution in [3.8, 4) is 5.75 Å². The maximum absolute atomic E-state index is 11.9. The Bertz CT molecular complexity index is 499. The first-order valence-corrected chi connectivity index (χ1v) is 7.86. The summed E-state index contributed by atoms with van der Waals surface area (Å²) in [6.07, 6.45) is 5.29. The predicted molar refractivity (Wildman–Crippen MR) is 85.0 cm³/mol.